The van der Waals surface area contributed by atoms with Crippen LogP contribution in [0.4, 0.5) is 11.4 Å². The quantitative estimate of drug-likeness (QED) is 0.806. The van der Waals surface area contributed by atoms with Gasteiger partial charge in [0.05, 0.1) is 22.0 Å². The molecule has 0 aromatic heterocycles. The lowest BCUT2D eigenvalue weighted by molar-refractivity contribution is -0.118. The zero-order valence-electron chi connectivity index (χ0n) is 15.6. The fourth-order valence-corrected chi connectivity index (χ4v) is 4.02. The van der Waals surface area contributed by atoms with Crippen LogP contribution in [0.25, 0.3) is 0 Å². The zero-order valence-corrected chi connectivity index (χ0v) is 16.4. The number of para-hydroxylation sites is 2. The molecule has 1 heterocycles. The fraction of sp³-hybridized carbons (Fsp3) is 0.250. The summed E-state index contributed by atoms with van der Waals surface area (Å²) >= 11 is 0. The number of carbonyl (C=O) groups is 2. The molecular weight excluding hydrogens is 378 g/mol. The minimum atomic E-state index is -3.50. The minimum absolute atomic E-state index is 0.0625. The smallest absolute Gasteiger partial charge is 0.271 e. The van der Waals surface area contributed by atoms with Crippen molar-refractivity contribution in [3.05, 3.63) is 54.6 Å². The van der Waals surface area contributed by atoms with Crippen LogP contribution in [-0.4, -0.2) is 37.6 Å². The Bertz CT molecular complexity index is 1030. The molecule has 0 unspecified atom stereocenters. The summed E-state index contributed by atoms with van der Waals surface area (Å²) in [6.45, 7) is 3.00. The number of Topliss-reactive ketones (excluding diaryl/α,β-unsaturated/α-hetero) is 1. The summed E-state index contributed by atoms with van der Waals surface area (Å²) < 4.78 is 24.5. The molecule has 8 heteroatoms. The van der Waals surface area contributed by atoms with Gasteiger partial charge in [0.1, 0.15) is 11.8 Å². The third-order valence-corrected chi connectivity index (χ3v) is 6.30. The van der Waals surface area contributed by atoms with Crippen LogP contribution in [0, 0.1) is 0 Å². The zero-order chi connectivity index (χ0) is 20.3. The molecule has 3 rings (SSSR count). The number of amides is 1. The second-order valence-electron chi connectivity index (χ2n) is 6.41. The summed E-state index contributed by atoms with van der Waals surface area (Å²) in [5.41, 5.74) is 1.08. The fourth-order valence-electron chi connectivity index (χ4n) is 2.97. The maximum Gasteiger partial charge on any atom is 0.271 e. The summed E-state index contributed by atoms with van der Waals surface area (Å²) in [7, 11) is -3.50. The highest BCUT2D eigenvalue weighted by Gasteiger charge is 2.34. The van der Waals surface area contributed by atoms with E-state index in [2.05, 4.69) is 10.4 Å². The van der Waals surface area contributed by atoms with E-state index in [0.717, 1.165) is 0 Å². The Labute approximate surface area is 164 Å². The highest BCUT2D eigenvalue weighted by atomic mass is 32.2. The Hall–Kier alpha value is -3.00. The van der Waals surface area contributed by atoms with E-state index in [4.69, 9.17) is 0 Å². The maximum atomic E-state index is 12.8. The second kappa shape index (κ2) is 7.93. The predicted molar refractivity (Wildman–Crippen MR) is 108 cm³/mol. The van der Waals surface area contributed by atoms with Crippen LogP contribution < -0.4 is 10.3 Å². The van der Waals surface area contributed by atoms with Gasteiger partial charge in [-0.25, -0.2) is 8.42 Å². The second-order valence-corrected chi connectivity index (χ2v) is 8.66. The van der Waals surface area contributed by atoms with Crippen LogP contribution in [0.15, 0.2) is 64.6 Å². The highest BCUT2D eigenvalue weighted by molar-refractivity contribution is 7.91. The van der Waals surface area contributed by atoms with Gasteiger partial charge < -0.3 is 5.32 Å². The monoisotopic (exact) mass is 399 g/mol. The van der Waals surface area contributed by atoms with Gasteiger partial charge in [-0.1, -0.05) is 37.3 Å². The highest BCUT2D eigenvalue weighted by Crippen LogP contribution is 2.26. The number of hydrogen-bond acceptors (Lipinski definition) is 6. The van der Waals surface area contributed by atoms with Crippen LogP contribution in [0.1, 0.15) is 20.3 Å². The van der Waals surface area contributed by atoms with Crippen LogP contribution in [-0.2, 0) is 19.4 Å². The summed E-state index contributed by atoms with van der Waals surface area (Å²) in [4.78, 5) is 24.9. The molecular formula is C20H21N3O4S. The summed E-state index contributed by atoms with van der Waals surface area (Å²) in [6.07, 6.45) is 0.152. The van der Waals surface area contributed by atoms with Crippen molar-refractivity contribution in [1.82, 2.24) is 0 Å². The van der Waals surface area contributed by atoms with Crippen molar-refractivity contribution in [3.8, 4) is 0 Å². The SMILES string of the molecule is CCS(=O)(=O)c1ccccc1NC(=O)C1=NN(c2ccccc2)[C@H](C(C)=O)C1. The Morgan fingerprint density at radius 3 is 2.39 bits per heavy atom. The summed E-state index contributed by atoms with van der Waals surface area (Å²) in [5, 5.41) is 8.51. The molecule has 0 aliphatic carbocycles. The number of nitrogens with zero attached hydrogens (tertiary/aromatic N) is 2. The number of anilines is 2. The number of rotatable bonds is 6. The standard InChI is InChI=1S/C20H21N3O4S/c1-3-28(26,27)19-12-8-7-11-16(19)21-20(25)17-13-18(14(2)24)23(22-17)15-9-5-4-6-10-15/h4-12,18H,3,13H2,1-2H3,(H,21,25)/t18-/m0/s1. The number of sulfone groups is 1. The van der Waals surface area contributed by atoms with E-state index in [1.54, 1.807) is 19.1 Å². The Morgan fingerprint density at radius 1 is 1.11 bits per heavy atom. The minimum Gasteiger partial charge on any atom is -0.320 e. The molecule has 0 fully saturated rings. The lowest BCUT2D eigenvalue weighted by Crippen LogP contribution is -2.33. The average molecular weight is 399 g/mol. The number of nitrogens with one attached hydrogen (secondary N) is 1. The molecule has 2 aromatic carbocycles. The van der Waals surface area contributed by atoms with Crippen LogP contribution >= 0.6 is 0 Å². The summed E-state index contributed by atoms with van der Waals surface area (Å²) in [5.74, 6) is -0.706. The molecule has 1 amide bonds. The molecule has 0 spiro atoms. The van der Waals surface area contributed by atoms with Gasteiger partial charge in [0.15, 0.2) is 15.6 Å². The van der Waals surface area contributed by atoms with E-state index >= 15 is 0 Å². The largest absolute Gasteiger partial charge is 0.320 e. The third-order valence-electron chi connectivity index (χ3n) is 4.51. The number of hydrogen-bond donors (Lipinski definition) is 1. The van der Waals surface area contributed by atoms with Gasteiger partial charge in [-0.2, -0.15) is 5.10 Å². The van der Waals surface area contributed by atoms with Gasteiger partial charge in [-0.05, 0) is 31.2 Å². The molecule has 1 N–H and O–H groups in total. The molecule has 1 atom stereocenters. The average Bonchev–Trinajstić information content (AvgIpc) is 3.15. The van der Waals surface area contributed by atoms with Crippen molar-refractivity contribution in [1.29, 1.82) is 0 Å². The lowest BCUT2D eigenvalue weighted by Gasteiger charge is -2.20. The van der Waals surface area contributed by atoms with Gasteiger partial charge in [0.2, 0.25) is 0 Å². The van der Waals surface area contributed by atoms with Gasteiger partial charge in [0, 0.05) is 6.42 Å². The number of ketones is 1. The van der Waals surface area contributed by atoms with Crippen molar-refractivity contribution >= 4 is 38.6 Å². The predicted octanol–water partition coefficient (Wildman–Crippen LogP) is 2.64. The molecule has 2 aromatic rings. The van der Waals surface area contributed by atoms with Gasteiger partial charge in [-0.3, -0.25) is 14.6 Å². The van der Waals surface area contributed by atoms with Crippen LogP contribution in [0.5, 0.6) is 0 Å². The van der Waals surface area contributed by atoms with E-state index < -0.39 is 21.8 Å². The van der Waals surface area contributed by atoms with E-state index in [9.17, 15) is 18.0 Å². The first-order chi connectivity index (χ1) is 13.3. The number of benzene rings is 2. The van der Waals surface area contributed by atoms with Crippen molar-refractivity contribution in [2.45, 2.75) is 31.2 Å². The molecule has 0 saturated carbocycles. The number of carbonyl (C=O) groups excluding carboxylic acids is 2. The molecule has 0 bridgehead atoms. The molecule has 1 aliphatic heterocycles. The molecule has 146 valence electrons. The lowest BCUT2D eigenvalue weighted by atomic mass is 10.1. The van der Waals surface area contributed by atoms with Crippen LogP contribution in [0.2, 0.25) is 0 Å². The van der Waals surface area contributed by atoms with E-state index in [1.807, 2.05) is 30.3 Å². The molecule has 28 heavy (non-hydrogen) atoms. The van der Waals surface area contributed by atoms with Crippen molar-refractivity contribution in [2.24, 2.45) is 5.10 Å². The first kappa shape index (κ1) is 19.8. The molecule has 0 saturated heterocycles. The normalized spacial score (nSPS) is 16.6. The topological polar surface area (TPSA) is 95.9 Å². The van der Waals surface area contributed by atoms with Gasteiger partial charge in [-0.15, -0.1) is 0 Å². The van der Waals surface area contributed by atoms with Crippen molar-refractivity contribution in [2.75, 3.05) is 16.1 Å². The first-order valence-corrected chi connectivity index (χ1v) is 10.5. The van der Waals surface area contributed by atoms with E-state index in [1.165, 1.54) is 24.1 Å². The number of hydrazone groups is 1. The molecule has 7 nitrogen and oxygen atoms in total. The Balaban J connectivity index is 1.89. The van der Waals surface area contributed by atoms with Gasteiger partial charge in [0.25, 0.3) is 5.91 Å². The van der Waals surface area contributed by atoms with Crippen molar-refractivity contribution in [3.63, 3.8) is 0 Å². The first-order valence-electron chi connectivity index (χ1n) is 8.89. The van der Waals surface area contributed by atoms with E-state index in [-0.39, 0.29) is 34.3 Å². The molecule has 1 aliphatic rings. The van der Waals surface area contributed by atoms with E-state index in [0.29, 0.717) is 5.69 Å². The Morgan fingerprint density at radius 2 is 1.75 bits per heavy atom. The van der Waals surface area contributed by atoms with Crippen molar-refractivity contribution < 1.29 is 18.0 Å². The third kappa shape index (κ3) is 3.96. The van der Waals surface area contributed by atoms with Gasteiger partial charge >= 0.3 is 0 Å². The maximum absolute atomic E-state index is 12.8. The summed E-state index contributed by atoms with van der Waals surface area (Å²) in [6, 6.07) is 14.8. The Kier molecular flexibility index (Phi) is 5.60. The molecule has 0 radical (unpaired) electrons. The van der Waals surface area contributed by atoms with Crippen LogP contribution in [0.3, 0.4) is 0 Å².